The molecule has 1 unspecified atom stereocenters. The van der Waals surface area contributed by atoms with E-state index in [2.05, 4.69) is 10.1 Å². The van der Waals surface area contributed by atoms with Gasteiger partial charge in [-0.25, -0.2) is 8.78 Å². The van der Waals surface area contributed by atoms with Crippen molar-refractivity contribution >= 4 is 0 Å². The van der Waals surface area contributed by atoms with E-state index in [1.54, 1.807) is 12.1 Å². The van der Waals surface area contributed by atoms with Crippen molar-refractivity contribution in [3.05, 3.63) is 47.6 Å². The van der Waals surface area contributed by atoms with Crippen LogP contribution < -0.4 is 0 Å². The lowest BCUT2D eigenvalue weighted by Crippen LogP contribution is -2.07. The first-order valence-corrected chi connectivity index (χ1v) is 6.55. The van der Waals surface area contributed by atoms with Gasteiger partial charge in [0.2, 0.25) is 5.89 Å². The average Bonchev–Trinajstić information content (AvgIpc) is 2.92. The molecule has 0 bridgehead atoms. The molecule has 0 aliphatic carbocycles. The Labute approximate surface area is 120 Å². The fourth-order valence-corrected chi connectivity index (χ4v) is 1.77. The summed E-state index contributed by atoms with van der Waals surface area (Å²) in [5.41, 5.74) is 0.762. The second kappa shape index (κ2) is 7.80. The lowest BCUT2D eigenvalue weighted by Gasteiger charge is -2.07. The van der Waals surface area contributed by atoms with Gasteiger partial charge in [-0.15, -0.1) is 0 Å². The Morgan fingerprint density at radius 2 is 2.00 bits per heavy atom. The molecule has 114 valence electrons. The first-order chi connectivity index (χ1) is 10.1. The molecule has 21 heavy (non-hydrogen) atoms. The summed E-state index contributed by atoms with van der Waals surface area (Å²) in [6.07, 6.45) is -2.71. The number of hydrogen-bond donors (Lipinski definition) is 1. The highest BCUT2D eigenvalue weighted by atomic mass is 19.3. The zero-order valence-electron chi connectivity index (χ0n) is 11.3. The summed E-state index contributed by atoms with van der Waals surface area (Å²) in [4.78, 5) is 4.09. The highest BCUT2D eigenvalue weighted by molar-refractivity contribution is 5.18. The van der Waals surface area contributed by atoms with Gasteiger partial charge in [-0.05, 0) is 5.56 Å². The molecular weight excluding hydrogens is 282 g/mol. The first kappa shape index (κ1) is 15.5. The predicted octanol–water partition coefficient (Wildman–Crippen LogP) is 2.17. The Balaban J connectivity index is 1.80. The zero-order chi connectivity index (χ0) is 15.1. The van der Waals surface area contributed by atoms with E-state index in [0.29, 0.717) is 11.7 Å². The molecule has 1 heterocycles. The number of aliphatic hydroxyl groups is 1. The molecule has 0 spiro atoms. The van der Waals surface area contributed by atoms with E-state index >= 15 is 0 Å². The molecule has 1 N–H and O–H groups in total. The van der Waals surface area contributed by atoms with Gasteiger partial charge in [-0.3, -0.25) is 0 Å². The van der Waals surface area contributed by atoms with Crippen LogP contribution in [0.2, 0.25) is 0 Å². The Hall–Kier alpha value is -1.86. The number of ether oxygens (including phenoxy) is 1. The fourth-order valence-electron chi connectivity index (χ4n) is 1.77. The van der Waals surface area contributed by atoms with Gasteiger partial charge in [-0.1, -0.05) is 35.5 Å². The van der Waals surface area contributed by atoms with Crippen LogP contribution in [0.15, 0.2) is 34.9 Å². The Morgan fingerprint density at radius 3 is 2.71 bits per heavy atom. The van der Waals surface area contributed by atoms with Crippen LogP contribution in [-0.2, 0) is 17.6 Å². The van der Waals surface area contributed by atoms with E-state index in [1.165, 1.54) is 0 Å². The van der Waals surface area contributed by atoms with E-state index < -0.39 is 19.1 Å². The van der Waals surface area contributed by atoms with E-state index in [-0.39, 0.29) is 19.4 Å². The van der Waals surface area contributed by atoms with Crippen molar-refractivity contribution in [2.45, 2.75) is 25.4 Å². The molecule has 1 aromatic carbocycles. The van der Waals surface area contributed by atoms with E-state index in [9.17, 15) is 13.9 Å². The SMILES string of the molecule is OC(Cc1nc(CCOCC(F)F)no1)c1ccccc1. The minimum Gasteiger partial charge on any atom is -0.388 e. The van der Waals surface area contributed by atoms with Gasteiger partial charge in [-0.2, -0.15) is 4.98 Å². The van der Waals surface area contributed by atoms with Gasteiger partial charge in [0.05, 0.1) is 19.1 Å². The van der Waals surface area contributed by atoms with Gasteiger partial charge < -0.3 is 14.4 Å². The summed E-state index contributed by atoms with van der Waals surface area (Å²) >= 11 is 0. The standard InChI is InChI=1S/C14H16F2N2O3/c15-12(16)9-20-7-6-13-17-14(21-18-13)8-11(19)10-4-2-1-3-5-10/h1-5,11-12,19H,6-9H2. The van der Waals surface area contributed by atoms with Gasteiger partial charge >= 0.3 is 0 Å². The van der Waals surface area contributed by atoms with Crippen LogP contribution in [-0.4, -0.2) is 34.9 Å². The molecule has 0 aliphatic heterocycles. The van der Waals surface area contributed by atoms with Crippen LogP contribution >= 0.6 is 0 Å². The first-order valence-electron chi connectivity index (χ1n) is 6.55. The van der Waals surface area contributed by atoms with Crippen LogP contribution in [0.1, 0.15) is 23.4 Å². The quantitative estimate of drug-likeness (QED) is 0.756. The van der Waals surface area contributed by atoms with Crippen molar-refractivity contribution in [2.75, 3.05) is 13.2 Å². The second-order valence-electron chi connectivity index (χ2n) is 4.45. The smallest absolute Gasteiger partial charge is 0.261 e. The molecule has 5 nitrogen and oxygen atoms in total. The van der Waals surface area contributed by atoms with Crippen LogP contribution in [0, 0.1) is 0 Å². The maximum atomic E-state index is 11.9. The van der Waals surface area contributed by atoms with Crippen LogP contribution in [0.25, 0.3) is 0 Å². The van der Waals surface area contributed by atoms with Crippen molar-refractivity contribution in [2.24, 2.45) is 0 Å². The Bertz CT molecular complexity index is 534. The number of nitrogens with zero attached hydrogens (tertiary/aromatic N) is 2. The lowest BCUT2D eigenvalue weighted by molar-refractivity contribution is 0.0182. The summed E-state index contributed by atoms with van der Waals surface area (Å²) in [7, 11) is 0. The summed E-state index contributed by atoms with van der Waals surface area (Å²) < 4.78 is 33.5. The van der Waals surface area contributed by atoms with Crippen molar-refractivity contribution in [3.63, 3.8) is 0 Å². The molecule has 0 radical (unpaired) electrons. The van der Waals surface area contributed by atoms with Crippen LogP contribution in [0.3, 0.4) is 0 Å². The Morgan fingerprint density at radius 1 is 1.24 bits per heavy atom. The monoisotopic (exact) mass is 298 g/mol. The van der Waals surface area contributed by atoms with E-state index in [4.69, 9.17) is 9.26 Å². The molecular formula is C14H16F2N2O3. The Kier molecular flexibility index (Phi) is 5.77. The minimum absolute atomic E-state index is 0.102. The van der Waals surface area contributed by atoms with E-state index in [0.717, 1.165) is 5.56 Å². The number of alkyl halides is 2. The maximum Gasteiger partial charge on any atom is 0.261 e. The third-order valence-electron chi connectivity index (χ3n) is 2.78. The highest BCUT2D eigenvalue weighted by Crippen LogP contribution is 2.16. The average molecular weight is 298 g/mol. The van der Waals surface area contributed by atoms with Gasteiger partial charge in [0.15, 0.2) is 5.82 Å². The molecule has 0 fully saturated rings. The lowest BCUT2D eigenvalue weighted by atomic mass is 10.1. The molecule has 2 aromatic rings. The van der Waals surface area contributed by atoms with Crippen molar-refractivity contribution in [1.29, 1.82) is 0 Å². The summed E-state index contributed by atoms with van der Waals surface area (Å²) in [6, 6.07) is 9.14. The molecule has 0 saturated carbocycles. The van der Waals surface area contributed by atoms with Crippen molar-refractivity contribution < 1.29 is 23.1 Å². The number of aliphatic hydroxyl groups excluding tert-OH is 1. The summed E-state index contributed by atoms with van der Waals surface area (Å²) in [5, 5.41) is 13.7. The van der Waals surface area contributed by atoms with Gasteiger partial charge in [0.25, 0.3) is 6.43 Å². The molecule has 2 rings (SSSR count). The summed E-state index contributed by atoms with van der Waals surface area (Å²) in [5.74, 6) is 0.676. The van der Waals surface area contributed by atoms with Gasteiger partial charge in [0.1, 0.15) is 6.61 Å². The third kappa shape index (κ3) is 5.20. The molecule has 1 atom stereocenters. The number of aromatic nitrogens is 2. The van der Waals surface area contributed by atoms with Crippen molar-refractivity contribution in [1.82, 2.24) is 10.1 Å². The molecule has 0 amide bonds. The zero-order valence-corrected chi connectivity index (χ0v) is 11.3. The number of rotatable bonds is 8. The largest absolute Gasteiger partial charge is 0.388 e. The third-order valence-corrected chi connectivity index (χ3v) is 2.78. The molecule has 0 saturated heterocycles. The van der Waals surface area contributed by atoms with E-state index in [1.807, 2.05) is 18.2 Å². The minimum atomic E-state index is -2.48. The van der Waals surface area contributed by atoms with Gasteiger partial charge in [0, 0.05) is 6.42 Å². The predicted molar refractivity (Wildman–Crippen MR) is 69.9 cm³/mol. The number of halogens is 2. The van der Waals surface area contributed by atoms with Crippen molar-refractivity contribution in [3.8, 4) is 0 Å². The normalized spacial score (nSPS) is 12.8. The van der Waals surface area contributed by atoms with Crippen LogP contribution in [0.4, 0.5) is 8.78 Å². The second-order valence-corrected chi connectivity index (χ2v) is 4.45. The molecule has 0 aliphatic rings. The highest BCUT2D eigenvalue weighted by Gasteiger charge is 2.14. The number of benzene rings is 1. The maximum absolute atomic E-state index is 11.9. The topological polar surface area (TPSA) is 68.4 Å². The summed E-state index contributed by atoms with van der Waals surface area (Å²) in [6.45, 7) is -0.498. The molecule has 7 heteroatoms. The number of hydrogen-bond acceptors (Lipinski definition) is 5. The van der Waals surface area contributed by atoms with Crippen LogP contribution in [0.5, 0.6) is 0 Å². The molecule has 1 aromatic heterocycles. The fraction of sp³-hybridized carbons (Fsp3) is 0.429.